The molecule has 3 aromatic rings. The third-order valence-electron chi connectivity index (χ3n) is 6.94. The molecule has 3 N–H and O–H groups in total. The smallest absolute Gasteiger partial charge is 0.335 e. The highest BCUT2D eigenvalue weighted by atomic mass is 32.2. The van der Waals surface area contributed by atoms with Crippen molar-refractivity contribution in [3.8, 4) is 0 Å². The van der Waals surface area contributed by atoms with Crippen molar-refractivity contribution >= 4 is 27.2 Å². The van der Waals surface area contributed by atoms with Crippen molar-refractivity contribution in [2.45, 2.75) is 62.8 Å². The number of anilines is 1. The van der Waals surface area contributed by atoms with Crippen LogP contribution in [0, 0.1) is 0 Å². The highest BCUT2D eigenvalue weighted by Gasteiger charge is 2.39. The van der Waals surface area contributed by atoms with Crippen LogP contribution in [0.2, 0.25) is 0 Å². The predicted octanol–water partition coefficient (Wildman–Crippen LogP) is 2.81. The zero-order chi connectivity index (χ0) is 23.4. The van der Waals surface area contributed by atoms with E-state index in [1.807, 2.05) is 16.8 Å². The Kier molecular flexibility index (Phi) is 5.43. The number of aromatic nitrogens is 3. The zero-order valence-corrected chi connectivity index (χ0v) is 19.7. The van der Waals surface area contributed by atoms with Crippen molar-refractivity contribution in [2.75, 3.05) is 12.4 Å². The molecule has 2 aliphatic rings. The lowest BCUT2D eigenvalue weighted by Gasteiger charge is -2.20. The molecule has 9 nitrogen and oxygen atoms in total. The zero-order valence-electron chi connectivity index (χ0n) is 18.9. The standard InChI is InChI=1S/C23H29N5O4S/c1-23(2)12-18(15-6-4-5-7-17(15)23)27-21-16-8-9-28(22(16)26-13-25-21)14-10-19(29)20(11-14)32-33(30,31)24-3/h4-9,13-14,18-20,24,29H,10-12H2,1-3H3,(H,25,26,27)/t14-,18-,19+,20+/m1/s1. The molecule has 1 saturated carbocycles. The lowest BCUT2D eigenvalue weighted by Crippen LogP contribution is -2.31. The van der Waals surface area contributed by atoms with Gasteiger partial charge in [-0.1, -0.05) is 38.1 Å². The van der Waals surface area contributed by atoms with Crippen LogP contribution in [0.4, 0.5) is 5.82 Å². The number of fused-ring (bicyclic) bond motifs is 2. The summed E-state index contributed by atoms with van der Waals surface area (Å²) in [5.74, 6) is 0.764. The molecule has 1 fully saturated rings. The summed E-state index contributed by atoms with van der Waals surface area (Å²) in [4.78, 5) is 9.02. The Morgan fingerprint density at radius 1 is 1.18 bits per heavy atom. The van der Waals surface area contributed by atoms with Crippen LogP contribution in [0.15, 0.2) is 42.9 Å². The molecule has 0 bridgehead atoms. The molecule has 2 aliphatic carbocycles. The summed E-state index contributed by atoms with van der Waals surface area (Å²) in [6.45, 7) is 4.52. The molecule has 0 radical (unpaired) electrons. The third-order valence-corrected chi connectivity index (χ3v) is 7.94. The van der Waals surface area contributed by atoms with Crippen molar-refractivity contribution in [2.24, 2.45) is 0 Å². The van der Waals surface area contributed by atoms with Crippen LogP contribution in [-0.2, 0) is 19.9 Å². The van der Waals surface area contributed by atoms with Crippen molar-refractivity contribution in [1.82, 2.24) is 19.3 Å². The topological polar surface area (TPSA) is 118 Å². The fraction of sp³-hybridized carbons (Fsp3) is 0.478. The van der Waals surface area contributed by atoms with Gasteiger partial charge in [0.25, 0.3) is 0 Å². The number of nitrogens with one attached hydrogen (secondary N) is 2. The summed E-state index contributed by atoms with van der Waals surface area (Å²) in [5.41, 5.74) is 3.47. The first-order valence-corrected chi connectivity index (χ1v) is 12.6. The number of nitrogens with zero attached hydrogens (tertiary/aromatic N) is 3. The molecule has 176 valence electrons. The van der Waals surface area contributed by atoms with Crippen LogP contribution in [0.1, 0.15) is 56.3 Å². The molecule has 5 rings (SSSR count). The molecule has 1 aromatic carbocycles. The van der Waals surface area contributed by atoms with Crippen LogP contribution in [0.25, 0.3) is 11.0 Å². The summed E-state index contributed by atoms with van der Waals surface area (Å²) in [6, 6.07) is 10.5. The Balaban J connectivity index is 1.41. The molecular weight excluding hydrogens is 442 g/mol. The van der Waals surface area contributed by atoms with E-state index in [4.69, 9.17) is 4.18 Å². The first kappa shape index (κ1) is 22.3. The summed E-state index contributed by atoms with van der Waals surface area (Å²) >= 11 is 0. The molecule has 0 unspecified atom stereocenters. The lowest BCUT2D eigenvalue weighted by molar-refractivity contribution is 0.0635. The number of hydrogen-bond acceptors (Lipinski definition) is 7. The summed E-state index contributed by atoms with van der Waals surface area (Å²) in [5, 5.41) is 14.9. The quantitative estimate of drug-likeness (QED) is 0.506. The van der Waals surface area contributed by atoms with E-state index in [1.54, 1.807) is 0 Å². The van der Waals surface area contributed by atoms with Crippen LogP contribution in [0.5, 0.6) is 0 Å². The second-order valence-electron chi connectivity index (χ2n) is 9.54. The molecule has 2 aromatic heterocycles. The van der Waals surface area contributed by atoms with Crippen molar-refractivity contribution in [1.29, 1.82) is 0 Å². The van der Waals surface area contributed by atoms with Crippen LogP contribution in [-0.4, -0.2) is 47.3 Å². The Hall–Kier alpha value is -2.53. The van der Waals surface area contributed by atoms with E-state index < -0.39 is 22.5 Å². The second-order valence-corrected chi connectivity index (χ2v) is 11.0. The molecule has 0 spiro atoms. The minimum atomic E-state index is -3.88. The Bertz CT molecular complexity index is 1290. The van der Waals surface area contributed by atoms with Gasteiger partial charge in [-0.3, -0.25) is 4.18 Å². The van der Waals surface area contributed by atoms with E-state index in [2.05, 4.69) is 58.1 Å². The Labute approximate surface area is 193 Å². The minimum absolute atomic E-state index is 0.0784. The maximum atomic E-state index is 11.8. The van der Waals surface area contributed by atoms with Gasteiger partial charge in [0, 0.05) is 19.3 Å². The van der Waals surface area contributed by atoms with Gasteiger partial charge in [0.05, 0.1) is 17.5 Å². The van der Waals surface area contributed by atoms with Crippen LogP contribution in [0.3, 0.4) is 0 Å². The molecular formula is C23H29N5O4S. The molecule has 0 amide bonds. The number of hydrogen-bond donors (Lipinski definition) is 3. The average molecular weight is 472 g/mol. The van der Waals surface area contributed by atoms with Crippen molar-refractivity contribution in [3.63, 3.8) is 0 Å². The maximum absolute atomic E-state index is 11.8. The first-order valence-electron chi connectivity index (χ1n) is 11.2. The van der Waals surface area contributed by atoms with Gasteiger partial charge in [0.15, 0.2) is 0 Å². The molecule has 0 aliphatic heterocycles. The lowest BCUT2D eigenvalue weighted by atomic mass is 9.86. The van der Waals surface area contributed by atoms with E-state index in [9.17, 15) is 13.5 Å². The molecule has 33 heavy (non-hydrogen) atoms. The van der Waals surface area contributed by atoms with Crippen LogP contribution >= 0.6 is 0 Å². The summed E-state index contributed by atoms with van der Waals surface area (Å²) in [6.07, 6.45) is 3.48. The predicted molar refractivity (Wildman–Crippen MR) is 125 cm³/mol. The third kappa shape index (κ3) is 4.01. The van der Waals surface area contributed by atoms with E-state index >= 15 is 0 Å². The number of aliphatic hydroxyl groups excluding tert-OH is 1. The van der Waals surface area contributed by atoms with Gasteiger partial charge in [0.2, 0.25) is 0 Å². The van der Waals surface area contributed by atoms with Gasteiger partial charge in [0.1, 0.15) is 23.9 Å². The summed E-state index contributed by atoms with van der Waals surface area (Å²) in [7, 11) is -2.60. The highest BCUT2D eigenvalue weighted by Crippen LogP contribution is 2.46. The second kappa shape index (κ2) is 8.05. The molecule has 0 saturated heterocycles. The fourth-order valence-corrected chi connectivity index (χ4v) is 5.94. The first-order chi connectivity index (χ1) is 15.7. The largest absolute Gasteiger partial charge is 0.390 e. The van der Waals surface area contributed by atoms with Gasteiger partial charge in [-0.05, 0) is 41.9 Å². The Morgan fingerprint density at radius 2 is 1.97 bits per heavy atom. The van der Waals surface area contributed by atoms with Gasteiger partial charge < -0.3 is 15.0 Å². The molecule has 4 atom stereocenters. The molecule has 2 heterocycles. The van der Waals surface area contributed by atoms with Gasteiger partial charge >= 0.3 is 10.3 Å². The summed E-state index contributed by atoms with van der Waals surface area (Å²) < 4.78 is 32.8. The highest BCUT2D eigenvalue weighted by molar-refractivity contribution is 7.84. The van der Waals surface area contributed by atoms with E-state index in [-0.39, 0.29) is 17.5 Å². The van der Waals surface area contributed by atoms with Crippen molar-refractivity contribution in [3.05, 3.63) is 54.0 Å². The minimum Gasteiger partial charge on any atom is -0.390 e. The van der Waals surface area contributed by atoms with E-state index in [1.165, 1.54) is 24.5 Å². The maximum Gasteiger partial charge on any atom is 0.335 e. The number of aliphatic hydroxyl groups is 1. The van der Waals surface area contributed by atoms with Crippen molar-refractivity contribution < 1.29 is 17.7 Å². The molecule has 10 heteroatoms. The van der Waals surface area contributed by atoms with E-state index in [0.29, 0.717) is 12.8 Å². The van der Waals surface area contributed by atoms with E-state index in [0.717, 1.165) is 23.3 Å². The Morgan fingerprint density at radius 3 is 2.76 bits per heavy atom. The number of benzene rings is 1. The normalized spacial score (nSPS) is 26.5. The number of rotatable bonds is 6. The monoisotopic (exact) mass is 471 g/mol. The average Bonchev–Trinajstić information content (AvgIpc) is 3.43. The fourth-order valence-electron chi connectivity index (χ4n) is 5.32. The van der Waals surface area contributed by atoms with Crippen LogP contribution < -0.4 is 10.0 Å². The van der Waals surface area contributed by atoms with Gasteiger partial charge in [-0.25, -0.2) is 9.97 Å². The van der Waals surface area contributed by atoms with Gasteiger partial charge in [-0.2, -0.15) is 13.1 Å². The van der Waals surface area contributed by atoms with Gasteiger partial charge in [-0.15, -0.1) is 0 Å². The SMILES string of the molecule is CNS(=O)(=O)O[C@H]1C[C@H](n2ccc3c(N[C@@H]4CC(C)(C)c5ccccc54)ncnc32)C[C@@H]1O.